The number of ether oxygens (including phenoxy) is 1. The molecule has 3 heteroatoms. The van der Waals surface area contributed by atoms with Crippen LogP contribution in [0.15, 0.2) is 30.3 Å². The molecule has 2 rings (SSSR count). The highest BCUT2D eigenvalue weighted by Crippen LogP contribution is 2.39. The van der Waals surface area contributed by atoms with Crippen LogP contribution < -0.4 is 5.73 Å². The molecule has 3 nitrogen and oxygen atoms in total. The van der Waals surface area contributed by atoms with Gasteiger partial charge in [-0.1, -0.05) is 51.1 Å². The Labute approximate surface area is 127 Å². The molecule has 3 atom stereocenters. The molecule has 0 spiro atoms. The number of rotatable bonds is 4. The molecule has 0 heterocycles. The van der Waals surface area contributed by atoms with Gasteiger partial charge in [0.25, 0.3) is 0 Å². The molecule has 0 aromatic heterocycles. The molecule has 0 radical (unpaired) electrons. The number of benzene rings is 1. The minimum atomic E-state index is -0.576. The fraction of sp³-hybridized carbons (Fsp3) is 0.611. The highest BCUT2D eigenvalue weighted by molar-refractivity contribution is 5.76. The predicted molar refractivity (Wildman–Crippen MR) is 84.8 cm³/mol. The van der Waals surface area contributed by atoms with Gasteiger partial charge >= 0.3 is 5.97 Å². The lowest BCUT2D eigenvalue weighted by Crippen LogP contribution is -2.40. The van der Waals surface area contributed by atoms with Gasteiger partial charge in [-0.25, -0.2) is 0 Å². The molecule has 0 aliphatic heterocycles. The molecule has 1 aromatic rings. The zero-order valence-corrected chi connectivity index (χ0v) is 13.3. The van der Waals surface area contributed by atoms with Crippen molar-refractivity contribution in [2.24, 2.45) is 17.1 Å². The molecule has 2 N–H and O–H groups in total. The van der Waals surface area contributed by atoms with Crippen LogP contribution in [-0.4, -0.2) is 18.1 Å². The SMILES string of the molecule is CC1CC(OC(=O)C(N)Cc2ccccc2)CC(C)(C)C1. The van der Waals surface area contributed by atoms with Crippen LogP contribution in [0.3, 0.4) is 0 Å². The standard InChI is InChI=1S/C18H27NO2/c1-13-9-15(12-18(2,3)11-13)21-17(20)16(19)10-14-7-5-4-6-8-14/h4-8,13,15-16H,9-12,19H2,1-3H3. The van der Waals surface area contributed by atoms with Crippen molar-refractivity contribution in [1.29, 1.82) is 0 Å². The molecule has 1 aromatic carbocycles. The van der Waals surface area contributed by atoms with Crippen molar-refractivity contribution in [2.45, 2.75) is 58.6 Å². The third kappa shape index (κ3) is 4.85. The van der Waals surface area contributed by atoms with Gasteiger partial charge in [0.2, 0.25) is 0 Å². The first kappa shape index (κ1) is 16.0. The van der Waals surface area contributed by atoms with Crippen LogP contribution in [0.1, 0.15) is 45.6 Å². The molecule has 21 heavy (non-hydrogen) atoms. The second-order valence-corrected chi connectivity index (χ2v) is 7.27. The molecule has 0 bridgehead atoms. The Morgan fingerprint density at radius 2 is 2.00 bits per heavy atom. The maximum Gasteiger partial charge on any atom is 0.323 e. The molecular weight excluding hydrogens is 262 g/mol. The van der Waals surface area contributed by atoms with Crippen LogP contribution in [0.5, 0.6) is 0 Å². The highest BCUT2D eigenvalue weighted by Gasteiger charge is 2.34. The highest BCUT2D eigenvalue weighted by atomic mass is 16.5. The summed E-state index contributed by atoms with van der Waals surface area (Å²) in [4.78, 5) is 12.2. The van der Waals surface area contributed by atoms with Crippen molar-refractivity contribution in [3.8, 4) is 0 Å². The van der Waals surface area contributed by atoms with Gasteiger partial charge < -0.3 is 10.5 Å². The van der Waals surface area contributed by atoms with Crippen LogP contribution in [0, 0.1) is 11.3 Å². The van der Waals surface area contributed by atoms with Crippen LogP contribution >= 0.6 is 0 Å². The van der Waals surface area contributed by atoms with Crippen molar-refractivity contribution in [1.82, 2.24) is 0 Å². The largest absolute Gasteiger partial charge is 0.461 e. The van der Waals surface area contributed by atoms with Gasteiger partial charge in [-0.3, -0.25) is 4.79 Å². The van der Waals surface area contributed by atoms with E-state index in [4.69, 9.17) is 10.5 Å². The van der Waals surface area contributed by atoms with Crippen molar-refractivity contribution < 1.29 is 9.53 Å². The first-order valence-electron chi connectivity index (χ1n) is 7.86. The van der Waals surface area contributed by atoms with E-state index >= 15 is 0 Å². The van der Waals surface area contributed by atoms with Crippen molar-refractivity contribution in [2.75, 3.05) is 0 Å². The van der Waals surface area contributed by atoms with E-state index in [-0.39, 0.29) is 17.5 Å². The second-order valence-electron chi connectivity index (χ2n) is 7.27. The summed E-state index contributed by atoms with van der Waals surface area (Å²) in [6, 6.07) is 9.27. The maximum absolute atomic E-state index is 12.2. The number of esters is 1. The molecule has 1 fully saturated rings. The van der Waals surface area contributed by atoms with E-state index in [1.165, 1.54) is 6.42 Å². The van der Waals surface area contributed by atoms with Crippen LogP contribution in [0.2, 0.25) is 0 Å². The Hall–Kier alpha value is -1.35. The lowest BCUT2D eigenvalue weighted by Gasteiger charge is -2.38. The summed E-state index contributed by atoms with van der Waals surface area (Å²) < 4.78 is 5.67. The minimum absolute atomic E-state index is 0.0121. The normalized spacial score (nSPS) is 26.1. The van der Waals surface area contributed by atoms with E-state index in [0.717, 1.165) is 18.4 Å². The van der Waals surface area contributed by atoms with E-state index in [9.17, 15) is 4.79 Å². The molecule has 1 saturated carbocycles. The lowest BCUT2D eigenvalue weighted by molar-refractivity contribution is -0.155. The van der Waals surface area contributed by atoms with Gasteiger partial charge in [0, 0.05) is 0 Å². The van der Waals surface area contributed by atoms with Crippen molar-refractivity contribution in [3.05, 3.63) is 35.9 Å². The summed E-state index contributed by atoms with van der Waals surface area (Å²) in [5.74, 6) is 0.325. The number of hydrogen-bond acceptors (Lipinski definition) is 3. The molecule has 0 amide bonds. The number of carbonyl (C=O) groups excluding carboxylic acids is 1. The van der Waals surface area contributed by atoms with Gasteiger partial charge in [-0.15, -0.1) is 0 Å². The number of nitrogens with two attached hydrogens (primary N) is 1. The van der Waals surface area contributed by atoms with Crippen LogP contribution in [0.4, 0.5) is 0 Å². The number of hydrogen-bond donors (Lipinski definition) is 1. The summed E-state index contributed by atoms with van der Waals surface area (Å²) in [6.45, 7) is 6.71. The predicted octanol–water partition coefficient (Wildman–Crippen LogP) is 3.31. The van der Waals surface area contributed by atoms with E-state index in [2.05, 4.69) is 20.8 Å². The Balaban J connectivity index is 1.88. The molecule has 3 unspecified atom stereocenters. The van der Waals surface area contributed by atoms with E-state index < -0.39 is 6.04 Å². The maximum atomic E-state index is 12.2. The first-order valence-corrected chi connectivity index (χ1v) is 7.86. The summed E-state index contributed by atoms with van der Waals surface area (Å²) in [5.41, 5.74) is 7.31. The fourth-order valence-corrected chi connectivity index (χ4v) is 3.55. The Kier molecular flexibility index (Phi) is 5.04. The summed E-state index contributed by atoms with van der Waals surface area (Å²) in [6.07, 6.45) is 3.62. The molecule has 1 aliphatic rings. The molecule has 116 valence electrons. The monoisotopic (exact) mass is 289 g/mol. The van der Waals surface area contributed by atoms with Gasteiger partial charge in [0.1, 0.15) is 12.1 Å². The Morgan fingerprint density at radius 3 is 2.62 bits per heavy atom. The number of carbonyl (C=O) groups is 1. The first-order chi connectivity index (χ1) is 9.85. The lowest BCUT2D eigenvalue weighted by atomic mass is 9.71. The fourth-order valence-electron chi connectivity index (χ4n) is 3.55. The van der Waals surface area contributed by atoms with Crippen LogP contribution in [0.25, 0.3) is 0 Å². The average Bonchev–Trinajstić information content (AvgIpc) is 2.37. The quantitative estimate of drug-likeness (QED) is 0.865. The van der Waals surface area contributed by atoms with Gasteiger partial charge in [0.15, 0.2) is 0 Å². The topological polar surface area (TPSA) is 52.3 Å². The Morgan fingerprint density at radius 1 is 1.33 bits per heavy atom. The minimum Gasteiger partial charge on any atom is -0.461 e. The molecular formula is C18H27NO2. The van der Waals surface area contributed by atoms with E-state index in [0.29, 0.717) is 12.3 Å². The van der Waals surface area contributed by atoms with E-state index in [1.54, 1.807) is 0 Å². The second kappa shape index (κ2) is 6.61. The van der Waals surface area contributed by atoms with Gasteiger partial charge in [-0.2, -0.15) is 0 Å². The summed E-state index contributed by atoms with van der Waals surface area (Å²) in [5, 5.41) is 0. The zero-order chi connectivity index (χ0) is 15.5. The smallest absolute Gasteiger partial charge is 0.323 e. The summed E-state index contributed by atoms with van der Waals surface area (Å²) >= 11 is 0. The molecule has 0 saturated heterocycles. The van der Waals surface area contributed by atoms with E-state index in [1.807, 2.05) is 30.3 Å². The van der Waals surface area contributed by atoms with Gasteiger partial charge in [-0.05, 0) is 42.6 Å². The molecule has 1 aliphatic carbocycles. The van der Waals surface area contributed by atoms with Crippen molar-refractivity contribution in [3.63, 3.8) is 0 Å². The van der Waals surface area contributed by atoms with Crippen molar-refractivity contribution >= 4 is 5.97 Å². The third-order valence-corrected chi connectivity index (χ3v) is 4.23. The third-order valence-electron chi connectivity index (χ3n) is 4.23. The average molecular weight is 289 g/mol. The Bertz CT molecular complexity index is 469. The zero-order valence-electron chi connectivity index (χ0n) is 13.3. The van der Waals surface area contributed by atoms with Crippen LogP contribution in [-0.2, 0) is 16.0 Å². The summed E-state index contributed by atoms with van der Waals surface area (Å²) in [7, 11) is 0. The van der Waals surface area contributed by atoms with Gasteiger partial charge in [0.05, 0.1) is 0 Å².